The van der Waals surface area contributed by atoms with Crippen molar-refractivity contribution in [3.8, 4) is 5.75 Å². The minimum absolute atomic E-state index is 0.235. The number of aryl methyl sites for hydroxylation is 2. The molecule has 0 aliphatic carbocycles. The molecule has 1 aromatic heterocycles. The topological polar surface area (TPSA) is 22.4 Å². The highest BCUT2D eigenvalue weighted by atomic mass is 19.1. The van der Waals surface area contributed by atoms with Gasteiger partial charge in [0.15, 0.2) is 0 Å². The van der Waals surface area contributed by atoms with Gasteiger partial charge in [0, 0.05) is 6.42 Å². The van der Waals surface area contributed by atoms with E-state index in [1.165, 1.54) is 17.7 Å². The first kappa shape index (κ1) is 16.3. The molecule has 0 radical (unpaired) electrons. The number of hydrogen-bond acceptors (Lipinski definition) is 2. The van der Waals surface area contributed by atoms with Crippen molar-refractivity contribution in [1.29, 1.82) is 0 Å². The van der Waals surface area contributed by atoms with Crippen LogP contribution in [0.1, 0.15) is 29.7 Å². The van der Waals surface area contributed by atoms with Crippen LogP contribution in [0.15, 0.2) is 71.3 Å². The van der Waals surface area contributed by atoms with Crippen molar-refractivity contribution >= 4 is 0 Å². The summed E-state index contributed by atoms with van der Waals surface area (Å²) in [4.78, 5) is 0. The van der Waals surface area contributed by atoms with Crippen LogP contribution in [0.4, 0.5) is 4.39 Å². The van der Waals surface area contributed by atoms with Crippen molar-refractivity contribution in [2.75, 3.05) is 0 Å². The molecule has 0 saturated heterocycles. The van der Waals surface area contributed by atoms with E-state index >= 15 is 0 Å². The Morgan fingerprint density at radius 3 is 2.50 bits per heavy atom. The van der Waals surface area contributed by atoms with Crippen LogP contribution in [0.3, 0.4) is 0 Å². The van der Waals surface area contributed by atoms with Crippen LogP contribution in [-0.4, -0.2) is 0 Å². The van der Waals surface area contributed by atoms with Gasteiger partial charge in [0.2, 0.25) is 0 Å². The smallest absolute Gasteiger partial charge is 0.123 e. The van der Waals surface area contributed by atoms with Crippen LogP contribution >= 0.6 is 0 Å². The van der Waals surface area contributed by atoms with Gasteiger partial charge in [-0.05, 0) is 66.8 Å². The number of furan rings is 1. The van der Waals surface area contributed by atoms with Crippen LogP contribution in [0.2, 0.25) is 0 Å². The zero-order valence-electron chi connectivity index (χ0n) is 13.6. The predicted molar refractivity (Wildman–Crippen MR) is 92.5 cm³/mol. The van der Waals surface area contributed by atoms with Crippen molar-refractivity contribution in [3.63, 3.8) is 0 Å². The second kappa shape index (κ2) is 8.34. The fourth-order valence-corrected chi connectivity index (χ4v) is 2.67. The molecule has 1 heterocycles. The maximum absolute atomic E-state index is 13.2. The Morgan fingerprint density at radius 1 is 0.833 bits per heavy atom. The first-order valence-electron chi connectivity index (χ1n) is 8.28. The third kappa shape index (κ3) is 4.98. The number of rotatable bonds is 8. The number of unbranched alkanes of at least 4 members (excludes halogenated alkanes) is 1. The third-order valence-corrected chi connectivity index (χ3v) is 3.91. The van der Waals surface area contributed by atoms with Gasteiger partial charge in [0.1, 0.15) is 23.9 Å². The van der Waals surface area contributed by atoms with Crippen molar-refractivity contribution in [2.45, 2.75) is 32.3 Å². The molecule has 0 aliphatic heterocycles. The number of halogens is 1. The van der Waals surface area contributed by atoms with Crippen LogP contribution in [0, 0.1) is 5.82 Å². The van der Waals surface area contributed by atoms with Crippen molar-refractivity contribution < 1.29 is 13.5 Å². The average Bonchev–Trinajstić information content (AvgIpc) is 3.11. The Hall–Kier alpha value is -2.55. The molecule has 124 valence electrons. The fourth-order valence-electron chi connectivity index (χ4n) is 2.67. The second-order valence-corrected chi connectivity index (χ2v) is 5.85. The van der Waals surface area contributed by atoms with E-state index in [0.717, 1.165) is 42.8 Å². The van der Waals surface area contributed by atoms with Gasteiger partial charge < -0.3 is 9.15 Å². The lowest BCUT2D eigenvalue weighted by molar-refractivity contribution is 0.305. The number of benzene rings is 2. The van der Waals surface area contributed by atoms with E-state index in [2.05, 4.69) is 12.1 Å². The molecule has 0 saturated carbocycles. The minimum atomic E-state index is -0.235. The van der Waals surface area contributed by atoms with E-state index in [0.29, 0.717) is 6.61 Å². The lowest BCUT2D eigenvalue weighted by Gasteiger charge is -2.08. The van der Waals surface area contributed by atoms with Gasteiger partial charge in [0.25, 0.3) is 0 Å². The summed E-state index contributed by atoms with van der Waals surface area (Å²) in [5.41, 5.74) is 2.09. The molecule has 2 nitrogen and oxygen atoms in total. The van der Waals surface area contributed by atoms with E-state index in [1.807, 2.05) is 30.3 Å². The molecule has 3 rings (SSSR count). The van der Waals surface area contributed by atoms with Crippen molar-refractivity contribution in [1.82, 2.24) is 0 Å². The first-order valence-corrected chi connectivity index (χ1v) is 8.28. The zero-order chi connectivity index (χ0) is 16.6. The van der Waals surface area contributed by atoms with Crippen LogP contribution in [-0.2, 0) is 19.4 Å². The Kier molecular flexibility index (Phi) is 5.67. The molecular formula is C21H21FO2. The SMILES string of the molecule is Fc1cccc(COc2cccc(CCCCc3ccco3)c2)c1. The van der Waals surface area contributed by atoms with Gasteiger partial charge in [-0.2, -0.15) is 0 Å². The Morgan fingerprint density at radius 2 is 1.67 bits per heavy atom. The molecule has 0 spiro atoms. The molecular weight excluding hydrogens is 303 g/mol. The molecule has 3 aromatic rings. The number of hydrogen-bond donors (Lipinski definition) is 0. The summed E-state index contributed by atoms with van der Waals surface area (Å²) < 4.78 is 24.3. The van der Waals surface area contributed by atoms with Crippen molar-refractivity contribution in [3.05, 3.63) is 89.6 Å². The maximum Gasteiger partial charge on any atom is 0.123 e. The lowest BCUT2D eigenvalue weighted by Crippen LogP contribution is -1.96. The standard InChI is InChI=1S/C21H21FO2/c22-19-9-3-8-18(14-19)16-24-21-11-4-7-17(15-21)6-1-2-10-20-12-5-13-23-20/h3-5,7-9,11-15H,1-2,6,10,16H2. The largest absolute Gasteiger partial charge is 0.489 e. The highest BCUT2D eigenvalue weighted by Crippen LogP contribution is 2.17. The van der Waals surface area contributed by atoms with Gasteiger partial charge in [-0.15, -0.1) is 0 Å². The first-order chi connectivity index (χ1) is 11.8. The molecule has 0 atom stereocenters. The lowest BCUT2D eigenvalue weighted by atomic mass is 10.1. The van der Waals surface area contributed by atoms with E-state index in [-0.39, 0.29) is 5.82 Å². The molecule has 0 bridgehead atoms. The molecule has 24 heavy (non-hydrogen) atoms. The Labute approximate surface area is 141 Å². The summed E-state index contributed by atoms with van der Waals surface area (Å²) in [7, 11) is 0. The van der Waals surface area contributed by atoms with E-state index in [1.54, 1.807) is 12.3 Å². The maximum atomic E-state index is 13.2. The Bertz CT molecular complexity index is 750. The third-order valence-electron chi connectivity index (χ3n) is 3.91. The van der Waals surface area contributed by atoms with Crippen LogP contribution < -0.4 is 4.74 Å². The fraction of sp³-hybridized carbons (Fsp3) is 0.238. The van der Waals surface area contributed by atoms with E-state index < -0.39 is 0 Å². The van der Waals surface area contributed by atoms with E-state index in [4.69, 9.17) is 9.15 Å². The normalized spacial score (nSPS) is 10.7. The summed E-state index contributed by atoms with van der Waals surface area (Å²) in [5.74, 6) is 1.63. The summed E-state index contributed by atoms with van der Waals surface area (Å²) in [6, 6.07) is 18.6. The van der Waals surface area contributed by atoms with Gasteiger partial charge in [-0.3, -0.25) is 0 Å². The Balaban J connectivity index is 1.46. The predicted octanol–water partition coefficient (Wildman–Crippen LogP) is 5.56. The van der Waals surface area contributed by atoms with Gasteiger partial charge in [-0.1, -0.05) is 24.3 Å². The van der Waals surface area contributed by atoms with Crippen molar-refractivity contribution in [2.24, 2.45) is 0 Å². The van der Waals surface area contributed by atoms with Gasteiger partial charge >= 0.3 is 0 Å². The van der Waals surface area contributed by atoms with Gasteiger partial charge in [0.05, 0.1) is 6.26 Å². The second-order valence-electron chi connectivity index (χ2n) is 5.85. The highest BCUT2D eigenvalue weighted by Gasteiger charge is 2.01. The molecule has 0 amide bonds. The molecule has 2 aromatic carbocycles. The highest BCUT2D eigenvalue weighted by molar-refractivity contribution is 5.29. The summed E-state index contributed by atoms with van der Waals surface area (Å²) in [6.07, 6.45) is 5.91. The molecule has 0 aliphatic rings. The van der Waals surface area contributed by atoms with Crippen LogP contribution in [0.5, 0.6) is 5.75 Å². The quantitative estimate of drug-likeness (QED) is 0.506. The molecule has 3 heteroatoms. The minimum Gasteiger partial charge on any atom is -0.489 e. The van der Waals surface area contributed by atoms with Gasteiger partial charge in [-0.25, -0.2) is 4.39 Å². The molecule has 0 fully saturated rings. The molecule has 0 unspecified atom stereocenters. The zero-order valence-corrected chi connectivity index (χ0v) is 13.6. The van der Waals surface area contributed by atoms with Crippen LogP contribution in [0.25, 0.3) is 0 Å². The summed E-state index contributed by atoms with van der Waals surface area (Å²) >= 11 is 0. The summed E-state index contributed by atoms with van der Waals surface area (Å²) in [5, 5.41) is 0. The number of ether oxygens (including phenoxy) is 1. The van der Waals surface area contributed by atoms with E-state index in [9.17, 15) is 4.39 Å². The average molecular weight is 324 g/mol. The summed E-state index contributed by atoms with van der Waals surface area (Å²) in [6.45, 7) is 0.375. The monoisotopic (exact) mass is 324 g/mol. The molecule has 0 N–H and O–H groups in total.